The van der Waals surface area contributed by atoms with Crippen LogP contribution in [0, 0.1) is 0 Å². The molecule has 0 aromatic carbocycles. The SMILES string of the molecule is CC(NC(=O)OC(C)(C)C)C1(C)NCCc2ccoc21. The Hall–Kier alpha value is -1.49. The zero-order chi connectivity index (χ0) is 15.0. The molecule has 1 aromatic heterocycles. The highest BCUT2D eigenvalue weighted by molar-refractivity contribution is 5.68. The Morgan fingerprint density at radius 1 is 1.55 bits per heavy atom. The van der Waals surface area contributed by atoms with Gasteiger partial charge in [-0.25, -0.2) is 4.79 Å². The molecule has 5 nitrogen and oxygen atoms in total. The van der Waals surface area contributed by atoms with E-state index in [0.29, 0.717) is 0 Å². The minimum absolute atomic E-state index is 0.150. The Morgan fingerprint density at radius 3 is 2.90 bits per heavy atom. The summed E-state index contributed by atoms with van der Waals surface area (Å²) in [4.78, 5) is 11.9. The topological polar surface area (TPSA) is 63.5 Å². The first-order valence-electron chi connectivity index (χ1n) is 7.04. The van der Waals surface area contributed by atoms with E-state index in [2.05, 4.69) is 10.6 Å². The molecule has 1 aliphatic rings. The first-order chi connectivity index (χ1) is 9.22. The van der Waals surface area contributed by atoms with Crippen molar-refractivity contribution in [3.05, 3.63) is 23.7 Å². The Bertz CT molecular complexity index is 490. The number of carbonyl (C=O) groups is 1. The van der Waals surface area contributed by atoms with E-state index in [4.69, 9.17) is 9.15 Å². The van der Waals surface area contributed by atoms with E-state index in [1.807, 2.05) is 40.7 Å². The molecular formula is C15H24N2O3. The van der Waals surface area contributed by atoms with Crippen molar-refractivity contribution < 1.29 is 13.9 Å². The van der Waals surface area contributed by atoms with Crippen molar-refractivity contribution in [2.24, 2.45) is 0 Å². The third kappa shape index (κ3) is 2.98. The highest BCUT2D eigenvalue weighted by Gasteiger charge is 2.41. The third-order valence-electron chi connectivity index (χ3n) is 3.70. The summed E-state index contributed by atoms with van der Waals surface area (Å²) in [7, 11) is 0. The van der Waals surface area contributed by atoms with Gasteiger partial charge < -0.3 is 19.8 Å². The number of fused-ring (bicyclic) bond motifs is 1. The lowest BCUT2D eigenvalue weighted by Crippen LogP contribution is -2.58. The van der Waals surface area contributed by atoms with Crippen molar-refractivity contribution in [1.82, 2.24) is 10.6 Å². The number of nitrogens with one attached hydrogen (secondary N) is 2. The van der Waals surface area contributed by atoms with Crippen LogP contribution in [0.4, 0.5) is 4.79 Å². The summed E-state index contributed by atoms with van der Waals surface area (Å²) in [6.45, 7) is 10.4. The summed E-state index contributed by atoms with van der Waals surface area (Å²) in [6, 6.07) is 1.84. The van der Waals surface area contributed by atoms with Gasteiger partial charge in [0.05, 0.1) is 17.8 Å². The van der Waals surface area contributed by atoms with E-state index < -0.39 is 17.2 Å². The standard InChI is InChI=1S/C15H24N2O3/c1-10(17-13(18)20-14(2,3)4)15(5)12-11(6-8-16-15)7-9-19-12/h7,9-10,16H,6,8H2,1-5H3,(H,17,18). The summed E-state index contributed by atoms with van der Waals surface area (Å²) in [5.74, 6) is 0.896. The number of furan rings is 1. The fourth-order valence-electron chi connectivity index (χ4n) is 2.50. The van der Waals surface area contributed by atoms with Gasteiger partial charge in [0.2, 0.25) is 0 Å². The lowest BCUT2D eigenvalue weighted by Gasteiger charge is -2.39. The molecule has 1 amide bonds. The average molecular weight is 280 g/mol. The minimum atomic E-state index is -0.499. The van der Waals surface area contributed by atoms with Crippen LogP contribution in [0.15, 0.2) is 16.7 Å². The molecule has 2 heterocycles. The van der Waals surface area contributed by atoms with Crippen LogP contribution >= 0.6 is 0 Å². The smallest absolute Gasteiger partial charge is 0.407 e. The van der Waals surface area contributed by atoms with Crippen molar-refractivity contribution in [1.29, 1.82) is 0 Å². The van der Waals surface area contributed by atoms with Gasteiger partial charge in [-0.15, -0.1) is 0 Å². The molecule has 2 unspecified atom stereocenters. The van der Waals surface area contributed by atoms with Gasteiger partial charge in [0, 0.05) is 6.54 Å². The van der Waals surface area contributed by atoms with Crippen molar-refractivity contribution in [2.75, 3.05) is 6.54 Å². The van der Waals surface area contributed by atoms with E-state index in [-0.39, 0.29) is 6.04 Å². The lowest BCUT2D eigenvalue weighted by molar-refractivity contribution is 0.0466. The van der Waals surface area contributed by atoms with Gasteiger partial charge in [-0.05, 0) is 52.7 Å². The van der Waals surface area contributed by atoms with Crippen LogP contribution in [0.2, 0.25) is 0 Å². The van der Waals surface area contributed by atoms with Crippen molar-refractivity contribution >= 4 is 6.09 Å². The fraction of sp³-hybridized carbons (Fsp3) is 0.667. The summed E-state index contributed by atoms with van der Waals surface area (Å²) >= 11 is 0. The Balaban J connectivity index is 2.10. The maximum Gasteiger partial charge on any atom is 0.407 e. The molecule has 1 aliphatic heterocycles. The molecule has 112 valence electrons. The molecule has 2 atom stereocenters. The van der Waals surface area contributed by atoms with Crippen molar-refractivity contribution in [3.63, 3.8) is 0 Å². The van der Waals surface area contributed by atoms with E-state index in [1.165, 1.54) is 5.56 Å². The normalized spacial score (nSPS) is 23.9. The predicted octanol–water partition coefficient (Wildman–Crippen LogP) is 2.55. The summed E-state index contributed by atoms with van der Waals surface area (Å²) in [5.41, 5.74) is 0.276. The number of hydrogen-bond acceptors (Lipinski definition) is 4. The molecule has 20 heavy (non-hydrogen) atoms. The second-order valence-corrected chi connectivity index (χ2v) is 6.52. The maximum absolute atomic E-state index is 11.9. The number of rotatable bonds is 2. The maximum atomic E-state index is 11.9. The zero-order valence-electron chi connectivity index (χ0n) is 12.9. The second kappa shape index (κ2) is 5.13. The minimum Gasteiger partial charge on any atom is -0.467 e. The van der Waals surface area contributed by atoms with Gasteiger partial charge >= 0.3 is 6.09 Å². The number of carbonyl (C=O) groups excluding carboxylic acids is 1. The Kier molecular flexibility index (Phi) is 3.82. The summed E-state index contributed by atoms with van der Waals surface area (Å²) in [6.07, 6.45) is 2.24. The number of amides is 1. The Labute approximate surface area is 120 Å². The molecule has 2 N–H and O–H groups in total. The van der Waals surface area contributed by atoms with Crippen LogP contribution in [0.5, 0.6) is 0 Å². The van der Waals surface area contributed by atoms with E-state index in [1.54, 1.807) is 6.26 Å². The molecule has 0 bridgehead atoms. The third-order valence-corrected chi connectivity index (χ3v) is 3.70. The molecule has 0 saturated carbocycles. The molecule has 5 heteroatoms. The van der Waals surface area contributed by atoms with Crippen LogP contribution in [0.25, 0.3) is 0 Å². The van der Waals surface area contributed by atoms with Gasteiger partial charge in [0.25, 0.3) is 0 Å². The quantitative estimate of drug-likeness (QED) is 0.874. The van der Waals surface area contributed by atoms with E-state index in [9.17, 15) is 4.79 Å². The van der Waals surface area contributed by atoms with Gasteiger partial charge in [-0.2, -0.15) is 0 Å². The van der Waals surface area contributed by atoms with Crippen LogP contribution < -0.4 is 10.6 Å². The molecule has 2 rings (SSSR count). The summed E-state index contributed by atoms with van der Waals surface area (Å²) < 4.78 is 10.9. The predicted molar refractivity (Wildman–Crippen MR) is 76.6 cm³/mol. The molecule has 0 spiro atoms. The van der Waals surface area contributed by atoms with E-state index in [0.717, 1.165) is 18.7 Å². The number of hydrogen-bond donors (Lipinski definition) is 2. The number of ether oxygens (including phenoxy) is 1. The van der Waals surface area contributed by atoms with E-state index >= 15 is 0 Å². The van der Waals surface area contributed by atoms with Gasteiger partial charge in [-0.3, -0.25) is 0 Å². The first-order valence-corrected chi connectivity index (χ1v) is 7.04. The van der Waals surface area contributed by atoms with Gasteiger partial charge in [-0.1, -0.05) is 0 Å². The molecule has 0 fully saturated rings. The molecule has 0 saturated heterocycles. The molecule has 0 radical (unpaired) electrons. The highest BCUT2D eigenvalue weighted by atomic mass is 16.6. The largest absolute Gasteiger partial charge is 0.467 e. The fourth-order valence-corrected chi connectivity index (χ4v) is 2.50. The molecular weight excluding hydrogens is 256 g/mol. The van der Waals surface area contributed by atoms with Crippen LogP contribution in [-0.4, -0.2) is 24.3 Å². The first kappa shape index (κ1) is 14.9. The lowest BCUT2D eigenvalue weighted by atomic mass is 9.84. The zero-order valence-corrected chi connectivity index (χ0v) is 12.9. The van der Waals surface area contributed by atoms with Crippen molar-refractivity contribution in [2.45, 2.75) is 58.2 Å². The highest BCUT2D eigenvalue weighted by Crippen LogP contribution is 2.32. The van der Waals surface area contributed by atoms with Gasteiger partial charge in [0.15, 0.2) is 0 Å². The number of alkyl carbamates (subject to hydrolysis) is 1. The second-order valence-electron chi connectivity index (χ2n) is 6.52. The monoisotopic (exact) mass is 280 g/mol. The molecule has 1 aromatic rings. The van der Waals surface area contributed by atoms with Gasteiger partial charge in [0.1, 0.15) is 11.4 Å². The summed E-state index contributed by atoms with van der Waals surface area (Å²) in [5, 5.41) is 6.34. The molecule has 0 aliphatic carbocycles. The van der Waals surface area contributed by atoms with Crippen molar-refractivity contribution in [3.8, 4) is 0 Å². The van der Waals surface area contributed by atoms with Crippen LogP contribution in [0.1, 0.15) is 45.9 Å². The van der Waals surface area contributed by atoms with Crippen LogP contribution in [-0.2, 0) is 16.7 Å². The Morgan fingerprint density at radius 2 is 2.25 bits per heavy atom. The van der Waals surface area contributed by atoms with Crippen LogP contribution in [0.3, 0.4) is 0 Å². The average Bonchev–Trinajstić information content (AvgIpc) is 2.75.